The van der Waals surface area contributed by atoms with Crippen LogP contribution in [-0.2, 0) is 4.79 Å². The van der Waals surface area contributed by atoms with Gasteiger partial charge >= 0.3 is 0 Å². The molecule has 0 radical (unpaired) electrons. The highest BCUT2D eigenvalue weighted by Crippen LogP contribution is 2.20. The lowest BCUT2D eigenvalue weighted by Crippen LogP contribution is -2.26. The Morgan fingerprint density at radius 2 is 1.95 bits per heavy atom. The Morgan fingerprint density at radius 1 is 1.32 bits per heavy atom. The molecule has 1 aliphatic rings. The monoisotopic (exact) mass is 294 g/mol. The highest BCUT2D eigenvalue weighted by atomic mass is 16.2. The van der Waals surface area contributed by atoms with E-state index in [1.54, 1.807) is 26.1 Å². The number of likely N-dealkylation sites (N-methyl/N-ethyl adjacent to an activating group) is 1. The van der Waals surface area contributed by atoms with Crippen molar-refractivity contribution in [1.82, 2.24) is 4.90 Å². The maximum Gasteiger partial charge on any atom is 0.277 e. The van der Waals surface area contributed by atoms with Gasteiger partial charge in [0.1, 0.15) is 11.5 Å². The molecule has 5 nitrogen and oxygen atoms in total. The van der Waals surface area contributed by atoms with Gasteiger partial charge in [0.05, 0.1) is 6.57 Å². The van der Waals surface area contributed by atoms with Gasteiger partial charge in [-0.25, -0.2) is 9.84 Å². The fourth-order valence-electron chi connectivity index (χ4n) is 1.99. The number of allylic oxidation sites excluding steroid dienone is 1. The molecule has 0 fully saturated rings. The molecule has 0 saturated heterocycles. The van der Waals surface area contributed by atoms with Crippen LogP contribution in [0.4, 0.5) is 5.69 Å². The summed E-state index contributed by atoms with van der Waals surface area (Å²) in [5, 5.41) is 0. The molecular formula is C17H18N4O. The molecule has 0 aliphatic carbocycles. The van der Waals surface area contributed by atoms with E-state index in [2.05, 4.69) is 9.84 Å². The van der Waals surface area contributed by atoms with E-state index in [1.165, 1.54) is 4.90 Å². The third-order valence-electron chi connectivity index (χ3n) is 3.33. The Kier molecular flexibility index (Phi) is 4.42. The Bertz CT molecular complexity index is 718. The van der Waals surface area contributed by atoms with Crippen LogP contribution >= 0.6 is 0 Å². The fourth-order valence-corrected chi connectivity index (χ4v) is 1.99. The van der Waals surface area contributed by atoms with Crippen molar-refractivity contribution in [2.75, 3.05) is 26.0 Å². The van der Waals surface area contributed by atoms with Crippen LogP contribution in [0.5, 0.6) is 0 Å². The Hall–Kier alpha value is -2.87. The second-order valence-corrected chi connectivity index (χ2v) is 5.25. The number of nitrogens with zero attached hydrogens (tertiary/aromatic N) is 4. The quantitative estimate of drug-likeness (QED) is 0.635. The van der Waals surface area contributed by atoms with E-state index in [-0.39, 0.29) is 5.91 Å². The zero-order valence-corrected chi connectivity index (χ0v) is 13.2. The van der Waals surface area contributed by atoms with Gasteiger partial charge in [0.25, 0.3) is 5.91 Å². The van der Waals surface area contributed by atoms with Crippen molar-refractivity contribution in [2.45, 2.75) is 6.92 Å². The number of benzene rings is 1. The van der Waals surface area contributed by atoms with E-state index < -0.39 is 0 Å². The second-order valence-electron chi connectivity index (χ2n) is 5.25. The van der Waals surface area contributed by atoms with Crippen molar-refractivity contribution in [3.05, 3.63) is 58.7 Å². The molecule has 0 spiro atoms. The van der Waals surface area contributed by atoms with Gasteiger partial charge in [0, 0.05) is 26.8 Å². The number of rotatable bonds is 3. The van der Waals surface area contributed by atoms with Crippen LogP contribution in [0.2, 0.25) is 0 Å². The number of carbonyl (C=O) groups is 1. The van der Waals surface area contributed by atoms with Crippen LogP contribution in [-0.4, -0.2) is 37.8 Å². The molecule has 1 aliphatic heterocycles. The fraction of sp³-hybridized carbons (Fsp3) is 0.235. The summed E-state index contributed by atoms with van der Waals surface area (Å²) in [5.41, 5.74) is 2.88. The average Bonchev–Trinajstić information content (AvgIpc) is 2.76. The van der Waals surface area contributed by atoms with E-state index in [0.29, 0.717) is 17.2 Å². The summed E-state index contributed by atoms with van der Waals surface area (Å²) < 4.78 is 0. The van der Waals surface area contributed by atoms with Gasteiger partial charge in [-0.2, -0.15) is 0 Å². The first kappa shape index (κ1) is 15.5. The normalized spacial score (nSPS) is 16.8. The van der Waals surface area contributed by atoms with E-state index in [9.17, 15) is 4.79 Å². The summed E-state index contributed by atoms with van der Waals surface area (Å²) in [6.45, 7) is 8.64. The van der Waals surface area contributed by atoms with Crippen molar-refractivity contribution >= 4 is 23.5 Å². The standard InChI is InChI=1S/C17H18N4O/c1-12(18-2)10-16-19-15(17(22)21(16)5)11-13-6-8-14(9-7-13)20(3)4/h6-11H,1,3-5H3/b12-10+,15-11-. The van der Waals surface area contributed by atoms with E-state index in [0.717, 1.165) is 11.3 Å². The van der Waals surface area contributed by atoms with Gasteiger partial charge in [0.15, 0.2) is 5.70 Å². The Morgan fingerprint density at radius 3 is 2.50 bits per heavy atom. The molecule has 1 heterocycles. The van der Waals surface area contributed by atoms with Gasteiger partial charge in [-0.1, -0.05) is 12.1 Å². The molecule has 1 aromatic carbocycles. The second kappa shape index (κ2) is 6.27. The van der Waals surface area contributed by atoms with Crippen LogP contribution < -0.4 is 4.90 Å². The van der Waals surface area contributed by atoms with Gasteiger partial charge in [0.2, 0.25) is 0 Å². The van der Waals surface area contributed by atoms with E-state index in [4.69, 9.17) is 6.57 Å². The van der Waals surface area contributed by atoms with E-state index in [1.807, 2.05) is 43.3 Å². The minimum absolute atomic E-state index is 0.166. The first-order valence-corrected chi connectivity index (χ1v) is 6.84. The summed E-state index contributed by atoms with van der Waals surface area (Å²) in [6.07, 6.45) is 3.37. The topological polar surface area (TPSA) is 40.3 Å². The first-order chi connectivity index (χ1) is 10.4. The molecule has 0 N–H and O–H groups in total. The molecule has 0 bridgehead atoms. The van der Waals surface area contributed by atoms with Gasteiger partial charge in [-0.15, -0.1) is 0 Å². The predicted molar refractivity (Wildman–Crippen MR) is 89.3 cm³/mol. The smallest absolute Gasteiger partial charge is 0.277 e. The zero-order valence-electron chi connectivity index (χ0n) is 13.2. The lowest BCUT2D eigenvalue weighted by atomic mass is 10.1. The number of hydrogen-bond donors (Lipinski definition) is 0. The summed E-state index contributed by atoms with van der Waals surface area (Å²) in [4.78, 5) is 23.3. The van der Waals surface area contributed by atoms with Crippen LogP contribution in [0.1, 0.15) is 12.5 Å². The SMILES string of the molecule is [C-]#[N+]/C(C)=C/C1=NC(=C\c2ccc(N(C)C)cc2)/C(=O)N1C. The number of amidine groups is 1. The predicted octanol–water partition coefficient (Wildman–Crippen LogP) is 2.79. The molecule has 0 aromatic heterocycles. The molecule has 0 unspecified atom stereocenters. The molecule has 5 heteroatoms. The molecule has 2 rings (SSSR count). The van der Waals surface area contributed by atoms with Crippen molar-refractivity contribution in [2.24, 2.45) is 4.99 Å². The van der Waals surface area contributed by atoms with Gasteiger partial charge in [-0.3, -0.25) is 9.69 Å². The number of anilines is 1. The highest BCUT2D eigenvalue weighted by Gasteiger charge is 2.25. The maximum absolute atomic E-state index is 12.2. The highest BCUT2D eigenvalue weighted by molar-refractivity contribution is 6.17. The molecule has 1 amide bonds. The maximum atomic E-state index is 12.2. The van der Waals surface area contributed by atoms with Crippen molar-refractivity contribution in [3.8, 4) is 0 Å². The summed E-state index contributed by atoms with van der Waals surface area (Å²) in [5.74, 6) is 0.329. The van der Waals surface area contributed by atoms with E-state index >= 15 is 0 Å². The van der Waals surface area contributed by atoms with Crippen molar-refractivity contribution in [3.63, 3.8) is 0 Å². The minimum Gasteiger partial charge on any atom is -0.378 e. The minimum atomic E-state index is -0.166. The summed E-state index contributed by atoms with van der Waals surface area (Å²) in [6, 6.07) is 7.87. The average molecular weight is 294 g/mol. The number of hydrogen-bond acceptors (Lipinski definition) is 3. The molecule has 112 valence electrons. The first-order valence-electron chi connectivity index (χ1n) is 6.84. The third kappa shape index (κ3) is 3.23. The number of aliphatic imine (C=N–C) groups is 1. The van der Waals surface area contributed by atoms with Crippen LogP contribution in [0, 0.1) is 6.57 Å². The lowest BCUT2D eigenvalue weighted by Gasteiger charge is -2.11. The molecule has 1 aromatic rings. The lowest BCUT2D eigenvalue weighted by molar-refractivity contribution is -0.121. The van der Waals surface area contributed by atoms with Gasteiger partial charge in [-0.05, 0) is 36.8 Å². The summed E-state index contributed by atoms with van der Waals surface area (Å²) in [7, 11) is 5.61. The Labute approximate surface area is 130 Å². The van der Waals surface area contributed by atoms with Crippen molar-refractivity contribution in [1.29, 1.82) is 0 Å². The Balaban J connectivity index is 2.31. The number of amides is 1. The van der Waals surface area contributed by atoms with Crippen LogP contribution in [0.15, 0.2) is 46.7 Å². The van der Waals surface area contributed by atoms with Crippen molar-refractivity contribution < 1.29 is 4.79 Å². The molecule has 0 atom stereocenters. The largest absolute Gasteiger partial charge is 0.378 e. The molecule has 22 heavy (non-hydrogen) atoms. The van der Waals surface area contributed by atoms with Crippen LogP contribution in [0.3, 0.4) is 0 Å². The van der Waals surface area contributed by atoms with Gasteiger partial charge < -0.3 is 4.90 Å². The summed E-state index contributed by atoms with van der Waals surface area (Å²) >= 11 is 0. The third-order valence-corrected chi connectivity index (χ3v) is 3.33. The molecule has 0 saturated carbocycles. The zero-order chi connectivity index (χ0) is 16.3. The van der Waals surface area contributed by atoms with Crippen LogP contribution in [0.25, 0.3) is 10.9 Å². The number of carbonyl (C=O) groups excluding carboxylic acids is 1. The molecular weight excluding hydrogens is 276 g/mol.